The fourth-order valence-corrected chi connectivity index (χ4v) is 4.32. The summed E-state index contributed by atoms with van der Waals surface area (Å²) in [7, 11) is 0. The maximum absolute atomic E-state index is 12.5. The van der Waals surface area contributed by atoms with Crippen LogP contribution in [-0.4, -0.2) is 40.9 Å². The molecule has 0 spiro atoms. The Morgan fingerprint density at radius 3 is 2.37 bits per heavy atom. The molecule has 0 bridgehead atoms. The monoisotopic (exact) mass is 477 g/mol. The topological polar surface area (TPSA) is 131 Å². The molecule has 1 aliphatic carbocycles. The van der Waals surface area contributed by atoms with Crippen LogP contribution in [-0.2, 0) is 9.53 Å². The predicted molar refractivity (Wildman–Crippen MR) is 128 cm³/mol. The smallest absolute Gasteiger partial charge is 0.414 e. The van der Waals surface area contributed by atoms with Crippen molar-refractivity contribution in [1.29, 1.82) is 0 Å². The van der Waals surface area contributed by atoms with Crippen LogP contribution in [0.3, 0.4) is 0 Å². The van der Waals surface area contributed by atoms with Gasteiger partial charge in [-0.1, -0.05) is 73.5 Å². The molecule has 0 saturated carbocycles. The van der Waals surface area contributed by atoms with E-state index in [9.17, 15) is 14.4 Å². The number of aliphatic carboxylic acids is 1. The van der Waals surface area contributed by atoms with E-state index in [1.165, 1.54) is 6.07 Å². The van der Waals surface area contributed by atoms with E-state index in [0.29, 0.717) is 6.42 Å². The van der Waals surface area contributed by atoms with E-state index in [1.807, 2.05) is 43.3 Å². The molecule has 3 aromatic rings. The van der Waals surface area contributed by atoms with Crippen LogP contribution in [0.25, 0.3) is 11.1 Å². The number of anilines is 1. The van der Waals surface area contributed by atoms with E-state index in [4.69, 9.17) is 14.4 Å². The molecule has 1 atom stereocenters. The number of ether oxygens (including phenoxy) is 1. The van der Waals surface area contributed by atoms with E-state index in [0.717, 1.165) is 35.1 Å². The Morgan fingerprint density at radius 2 is 1.74 bits per heavy atom. The molecule has 9 nitrogen and oxygen atoms in total. The molecule has 35 heavy (non-hydrogen) atoms. The number of aromatic nitrogens is 1. The second kappa shape index (κ2) is 10.9. The van der Waals surface area contributed by atoms with Gasteiger partial charge in [0.15, 0.2) is 5.69 Å². The van der Waals surface area contributed by atoms with Crippen LogP contribution in [0, 0.1) is 0 Å². The zero-order chi connectivity index (χ0) is 24.8. The van der Waals surface area contributed by atoms with Crippen LogP contribution in [0.15, 0.2) is 59.1 Å². The molecule has 2 amide bonds. The average Bonchev–Trinajstić information content (AvgIpc) is 3.43. The van der Waals surface area contributed by atoms with Gasteiger partial charge in [0.25, 0.3) is 5.91 Å². The molecule has 1 aliphatic rings. The second-order valence-electron chi connectivity index (χ2n) is 8.44. The third-order valence-electron chi connectivity index (χ3n) is 5.97. The lowest BCUT2D eigenvalue weighted by Gasteiger charge is -2.15. The number of hydrogen-bond donors (Lipinski definition) is 3. The summed E-state index contributed by atoms with van der Waals surface area (Å²) in [5, 5.41) is 17.8. The van der Waals surface area contributed by atoms with Gasteiger partial charge in [0.1, 0.15) is 6.61 Å². The number of nitrogens with one attached hydrogen (secondary N) is 2. The Bertz CT molecular complexity index is 1180. The molecule has 2 aromatic carbocycles. The van der Waals surface area contributed by atoms with Crippen LogP contribution >= 0.6 is 0 Å². The first-order valence-electron chi connectivity index (χ1n) is 11.6. The third-order valence-corrected chi connectivity index (χ3v) is 5.97. The summed E-state index contributed by atoms with van der Waals surface area (Å²) in [6.07, 6.45) is 1.28. The minimum Gasteiger partial charge on any atom is -0.481 e. The number of nitrogens with zero attached hydrogens (tertiary/aromatic N) is 1. The second-order valence-corrected chi connectivity index (χ2v) is 8.44. The molecule has 0 unspecified atom stereocenters. The lowest BCUT2D eigenvalue weighted by Crippen LogP contribution is -2.36. The van der Waals surface area contributed by atoms with Gasteiger partial charge in [-0.15, -0.1) is 0 Å². The Kier molecular flexibility index (Phi) is 7.45. The van der Waals surface area contributed by atoms with Crippen molar-refractivity contribution in [3.63, 3.8) is 0 Å². The van der Waals surface area contributed by atoms with Gasteiger partial charge >= 0.3 is 12.1 Å². The number of hydrogen-bond acceptors (Lipinski definition) is 6. The van der Waals surface area contributed by atoms with Gasteiger partial charge in [0, 0.05) is 18.0 Å². The number of carbonyl (C=O) groups excluding carboxylic acids is 2. The van der Waals surface area contributed by atoms with Crippen molar-refractivity contribution in [1.82, 2.24) is 10.5 Å². The van der Waals surface area contributed by atoms with E-state index in [2.05, 4.69) is 27.9 Å². The van der Waals surface area contributed by atoms with Crippen LogP contribution in [0.1, 0.15) is 60.1 Å². The van der Waals surface area contributed by atoms with E-state index in [1.54, 1.807) is 0 Å². The minimum absolute atomic E-state index is 0.0456. The van der Waals surface area contributed by atoms with E-state index < -0.39 is 24.0 Å². The molecule has 0 aliphatic heterocycles. The summed E-state index contributed by atoms with van der Waals surface area (Å²) in [6, 6.07) is 16.8. The number of carbonyl (C=O) groups is 3. The van der Waals surface area contributed by atoms with Crippen molar-refractivity contribution in [2.45, 2.75) is 44.6 Å². The van der Waals surface area contributed by atoms with Gasteiger partial charge in [-0.2, -0.15) is 0 Å². The Morgan fingerprint density at radius 1 is 1.09 bits per heavy atom. The molecule has 4 rings (SSSR count). The Balaban J connectivity index is 1.34. The molecule has 0 fully saturated rings. The molecule has 0 radical (unpaired) electrons. The third kappa shape index (κ3) is 5.68. The molecule has 182 valence electrons. The number of benzene rings is 2. The van der Waals surface area contributed by atoms with Gasteiger partial charge in [0.05, 0.1) is 6.42 Å². The first-order chi connectivity index (χ1) is 17.0. The van der Waals surface area contributed by atoms with E-state index >= 15 is 0 Å². The van der Waals surface area contributed by atoms with Crippen molar-refractivity contribution in [2.24, 2.45) is 0 Å². The maximum atomic E-state index is 12.5. The summed E-state index contributed by atoms with van der Waals surface area (Å²) >= 11 is 0. The number of unbranched alkanes of at least 4 members (excludes halogenated alkanes) is 1. The summed E-state index contributed by atoms with van der Waals surface area (Å²) in [5.74, 6) is -1.70. The zero-order valence-electron chi connectivity index (χ0n) is 19.3. The summed E-state index contributed by atoms with van der Waals surface area (Å²) in [5.41, 5.74) is 4.38. The molecular weight excluding hydrogens is 450 g/mol. The number of fused-ring (bicyclic) bond motifs is 3. The highest BCUT2D eigenvalue weighted by molar-refractivity contribution is 5.94. The quantitative estimate of drug-likeness (QED) is 0.382. The standard InChI is InChI=1S/C26H27N3O6/c1-2-3-8-16(13-24(30)31)27-25(32)22-14-23(35-29-22)28-26(33)34-15-21-19-11-6-4-9-17(19)18-10-5-7-12-20(18)21/h4-7,9-12,14,16,21H,2-3,8,13,15H2,1H3,(H,27,32)(H,28,33)(H,30,31)/t16-/m0/s1. The van der Waals surface area contributed by atoms with Crippen LogP contribution in [0.5, 0.6) is 0 Å². The Labute approximate surface area is 202 Å². The number of rotatable bonds is 10. The van der Waals surface area contributed by atoms with Crippen molar-refractivity contribution < 1.29 is 28.8 Å². The van der Waals surface area contributed by atoms with Crippen molar-refractivity contribution in [3.05, 3.63) is 71.4 Å². The number of carboxylic acids is 1. The first kappa shape index (κ1) is 24.0. The van der Waals surface area contributed by atoms with Gasteiger partial charge in [-0.05, 0) is 28.7 Å². The highest BCUT2D eigenvalue weighted by Gasteiger charge is 2.29. The van der Waals surface area contributed by atoms with Gasteiger partial charge in [-0.3, -0.25) is 14.9 Å². The van der Waals surface area contributed by atoms with Crippen molar-refractivity contribution in [3.8, 4) is 11.1 Å². The summed E-state index contributed by atoms with van der Waals surface area (Å²) in [6.45, 7) is 2.12. The van der Waals surface area contributed by atoms with Gasteiger partial charge in [-0.25, -0.2) is 4.79 Å². The normalized spacial score (nSPS) is 12.9. The lowest BCUT2D eigenvalue weighted by atomic mass is 9.98. The molecule has 0 saturated heterocycles. The zero-order valence-corrected chi connectivity index (χ0v) is 19.3. The number of amides is 2. The summed E-state index contributed by atoms with van der Waals surface area (Å²) in [4.78, 5) is 35.9. The molecule has 1 aromatic heterocycles. The molecular formula is C26H27N3O6. The molecule has 1 heterocycles. The minimum atomic E-state index is -0.996. The number of carboxylic acid groups (broad SMARTS) is 1. The first-order valence-corrected chi connectivity index (χ1v) is 11.6. The van der Waals surface area contributed by atoms with Crippen LogP contribution < -0.4 is 10.6 Å². The van der Waals surface area contributed by atoms with Crippen LogP contribution in [0.4, 0.5) is 10.7 Å². The fraction of sp³-hybridized carbons (Fsp3) is 0.308. The summed E-state index contributed by atoms with van der Waals surface area (Å²) < 4.78 is 10.5. The average molecular weight is 478 g/mol. The lowest BCUT2D eigenvalue weighted by molar-refractivity contribution is -0.137. The molecule has 9 heteroatoms. The highest BCUT2D eigenvalue weighted by atomic mass is 16.6. The van der Waals surface area contributed by atoms with Gasteiger partial charge < -0.3 is 19.7 Å². The largest absolute Gasteiger partial charge is 0.481 e. The van der Waals surface area contributed by atoms with Gasteiger partial charge in [0.2, 0.25) is 5.88 Å². The predicted octanol–water partition coefficient (Wildman–Crippen LogP) is 4.80. The fourth-order valence-electron chi connectivity index (χ4n) is 4.32. The van der Waals surface area contributed by atoms with Crippen molar-refractivity contribution in [2.75, 3.05) is 11.9 Å². The maximum Gasteiger partial charge on any atom is 0.414 e. The highest BCUT2D eigenvalue weighted by Crippen LogP contribution is 2.44. The van der Waals surface area contributed by atoms with Crippen LogP contribution in [0.2, 0.25) is 0 Å². The van der Waals surface area contributed by atoms with Crippen molar-refractivity contribution >= 4 is 23.9 Å². The van der Waals surface area contributed by atoms with E-state index in [-0.39, 0.29) is 30.5 Å². The molecule has 3 N–H and O–H groups in total. The SMILES string of the molecule is CCCC[C@@H](CC(=O)O)NC(=O)c1cc(NC(=O)OCC2c3ccccc3-c3ccccc32)on1. The Hall–Kier alpha value is -4.14.